The molecule has 0 bridgehead atoms. The van der Waals surface area contributed by atoms with Gasteiger partial charge in [-0.3, -0.25) is 14.9 Å². The maximum absolute atomic E-state index is 12.3. The second-order valence-corrected chi connectivity index (χ2v) is 7.97. The summed E-state index contributed by atoms with van der Waals surface area (Å²) in [6.45, 7) is 2.99. The molecule has 0 aromatic heterocycles. The van der Waals surface area contributed by atoms with E-state index in [-0.39, 0.29) is 23.1 Å². The van der Waals surface area contributed by atoms with Gasteiger partial charge in [0, 0.05) is 10.9 Å². The summed E-state index contributed by atoms with van der Waals surface area (Å²) in [4.78, 5) is 47.9. The Bertz CT molecular complexity index is 737. The number of urea groups is 1. The van der Waals surface area contributed by atoms with E-state index in [1.165, 1.54) is 18.7 Å². The zero-order chi connectivity index (χ0) is 20.5. The van der Waals surface area contributed by atoms with Gasteiger partial charge in [-0.1, -0.05) is 31.9 Å². The highest BCUT2D eigenvalue weighted by molar-refractivity contribution is 8.00. The average molecular weight is 407 g/mol. The molecule has 28 heavy (non-hydrogen) atoms. The van der Waals surface area contributed by atoms with Gasteiger partial charge in [-0.15, -0.1) is 11.8 Å². The number of hydrogen-bond donors (Lipinski definition) is 2. The highest BCUT2D eigenvalue weighted by atomic mass is 32.2. The number of imide groups is 1. The maximum atomic E-state index is 12.3. The van der Waals surface area contributed by atoms with Crippen molar-refractivity contribution in [3.05, 3.63) is 29.8 Å². The topological polar surface area (TPSA) is 102 Å². The van der Waals surface area contributed by atoms with Crippen molar-refractivity contribution in [2.45, 2.75) is 50.5 Å². The number of amides is 3. The van der Waals surface area contributed by atoms with Crippen LogP contribution in [0.3, 0.4) is 0 Å². The van der Waals surface area contributed by atoms with E-state index < -0.39 is 24.5 Å². The molecule has 0 aliphatic heterocycles. The lowest BCUT2D eigenvalue weighted by Gasteiger charge is -2.29. The molecular formula is C20H26N2O5S. The molecule has 0 radical (unpaired) electrons. The van der Waals surface area contributed by atoms with Gasteiger partial charge in [0.05, 0.1) is 11.3 Å². The van der Waals surface area contributed by atoms with E-state index in [1.807, 2.05) is 0 Å². The molecule has 1 fully saturated rings. The van der Waals surface area contributed by atoms with Crippen molar-refractivity contribution in [1.82, 2.24) is 10.6 Å². The zero-order valence-corrected chi connectivity index (χ0v) is 17.0. The molecule has 0 heterocycles. The molecule has 1 aliphatic carbocycles. The third-order valence-corrected chi connectivity index (χ3v) is 5.77. The summed E-state index contributed by atoms with van der Waals surface area (Å²) < 4.78 is 5.02. The highest BCUT2D eigenvalue weighted by Gasteiger charge is 2.23. The summed E-state index contributed by atoms with van der Waals surface area (Å²) in [5.41, 5.74) is 0.280. The Morgan fingerprint density at radius 2 is 1.86 bits per heavy atom. The number of esters is 1. The first-order valence-electron chi connectivity index (χ1n) is 9.35. The Kier molecular flexibility index (Phi) is 8.50. The van der Waals surface area contributed by atoms with Gasteiger partial charge in [0.1, 0.15) is 5.78 Å². The van der Waals surface area contributed by atoms with Crippen LogP contribution in [0.25, 0.3) is 0 Å². The van der Waals surface area contributed by atoms with Crippen LogP contribution in [-0.4, -0.2) is 42.1 Å². The SMILES string of the molecule is CC(=O)CSc1ccccc1C(=O)OCC(=O)NC(=O)N[C@H]1CCCC[C@H]1C. The molecule has 2 N–H and O–H groups in total. The van der Waals surface area contributed by atoms with Crippen LogP contribution in [0.5, 0.6) is 0 Å². The minimum atomic E-state index is -0.691. The second kappa shape index (κ2) is 10.8. The largest absolute Gasteiger partial charge is 0.452 e. The van der Waals surface area contributed by atoms with Gasteiger partial charge in [0.15, 0.2) is 6.61 Å². The fourth-order valence-corrected chi connectivity index (χ4v) is 3.89. The molecule has 8 heteroatoms. The normalized spacial score (nSPS) is 18.8. The van der Waals surface area contributed by atoms with Crippen molar-refractivity contribution in [1.29, 1.82) is 0 Å². The van der Waals surface area contributed by atoms with Gasteiger partial charge in [-0.05, 0) is 37.8 Å². The smallest absolute Gasteiger partial charge is 0.339 e. The second-order valence-electron chi connectivity index (χ2n) is 6.95. The molecule has 2 atom stereocenters. The fraction of sp³-hybridized carbons (Fsp3) is 0.500. The van der Waals surface area contributed by atoms with E-state index in [4.69, 9.17) is 4.74 Å². The Labute approximate surface area is 169 Å². The van der Waals surface area contributed by atoms with E-state index in [0.717, 1.165) is 25.7 Å². The summed E-state index contributed by atoms with van der Waals surface area (Å²) in [7, 11) is 0. The molecule has 7 nitrogen and oxygen atoms in total. The number of thioether (sulfide) groups is 1. The standard InChI is InChI=1S/C20H26N2O5S/c1-13-7-3-5-9-16(13)21-20(26)22-18(24)11-27-19(25)15-8-4-6-10-17(15)28-12-14(2)23/h4,6,8,10,13,16H,3,5,7,9,11-12H2,1-2H3,(H2,21,22,24,26)/t13-,16+/m1/s1. The Morgan fingerprint density at radius 3 is 2.57 bits per heavy atom. The van der Waals surface area contributed by atoms with Crippen LogP contribution >= 0.6 is 11.8 Å². The van der Waals surface area contributed by atoms with Gasteiger partial charge in [-0.25, -0.2) is 9.59 Å². The molecule has 0 saturated heterocycles. The third kappa shape index (κ3) is 6.99. The van der Waals surface area contributed by atoms with Crippen LogP contribution in [-0.2, 0) is 14.3 Å². The number of Topliss-reactive ketones (excluding diaryl/α,β-unsaturated/α-hetero) is 1. The van der Waals surface area contributed by atoms with Crippen molar-refractivity contribution >= 4 is 35.5 Å². The number of hydrogen-bond acceptors (Lipinski definition) is 6. The predicted molar refractivity (Wildman–Crippen MR) is 106 cm³/mol. The van der Waals surface area contributed by atoms with Gasteiger partial charge < -0.3 is 10.1 Å². The third-order valence-electron chi connectivity index (χ3n) is 4.55. The van der Waals surface area contributed by atoms with E-state index in [2.05, 4.69) is 17.6 Å². The van der Waals surface area contributed by atoms with Gasteiger partial charge in [-0.2, -0.15) is 0 Å². The maximum Gasteiger partial charge on any atom is 0.339 e. The molecule has 1 aliphatic rings. The van der Waals surface area contributed by atoms with Crippen molar-refractivity contribution in [3.63, 3.8) is 0 Å². The summed E-state index contributed by atoms with van der Waals surface area (Å²) in [6, 6.07) is 6.19. The first kappa shape index (κ1) is 21.9. The van der Waals surface area contributed by atoms with Crippen LogP contribution in [0.4, 0.5) is 4.79 Å². The van der Waals surface area contributed by atoms with Crippen LogP contribution in [0.2, 0.25) is 0 Å². The van der Waals surface area contributed by atoms with Crippen molar-refractivity contribution < 1.29 is 23.9 Å². The minimum Gasteiger partial charge on any atom is -0.452 e. The number of ether oxygens (including phenoxy) is 1. The molecule has 1 aromatic carbocycles. The first-order valence-corrected chi connectivity index (χ1v) is 10.3. The van der Waals surface area contributed by atoms with E-state index in [9.17, 15) is 19.2 Å². The van der Waals surface area contributed by atoms with E-state index in [1.54, 1.807) is 24.3 Å². The van der Waals surface area contributed by atoms with Crippen LogP contribution in [0.15, 0.2) is 29.2 Å². The number of rotatable bonds is 7. The van der Waals surface area contributed by atoms with Crippen LogP contribution in [0.1, 0.15) is 49.9 Å². The van der Waals surface area contributed by atoms with Crippen molar-refractivity contribution in [2.24, 2.45) is 5.92 Å². The minimum absolute atomic E-state index is 0.00848. The molecular weight excluding hydrogens is 380 g/mol. The molecule has 1 aromatic rings. The van der Waals surface area contributed by atoms with Crippen LogP contribution < -0.4 is 10.6 Å². The summed E-state index contributed by atoms with van der Waals surface area (Å²) in [6.07, 6.45) is 4.16. The first-order chi connectivity index (χ1) is 13.4. The summed E-state index contributed by atoms with van der Waals surface area (Å²) >= 11 is 1.23. The van der Waals surface area contributed by atoms with Crippen molar-refractivity contribution in [3.8, 4) is 0 Å². The molecule has 0 spiro atoms. The average Bonchev–Trinajstić information content (AvgIpc) is 2.66. The highest BCUT2D eigenvalue weighted by Crippen LogP contribution is 2.24. The van der Waals surface area contributed by atoms with Gasteiger partial charge >= 0.3 is 12.0 Å². The Balaban J connectivity index is 1.81. The monoisotopic (exact) mass is 406 g/mol. The quantitative estimate of drug-likeness (QED) is 0.533. The van der Waals surface area contributed by atoms with Crippen molar-refractivity contribution in [2.75, 3.05) is 12.4 Å². The van der Waals surface area contributed by atoms with Gasteiger partial charge in [0.25, 0.3) is 5.91 Å². The summed E-state index contributed by atoms with van der Waals surface area (Å²) in [5, 5.41) is 5.00. The zero-order valence-electron chi connectivity index (χ0n) is 16.2. The number of benzene rings is 1. The lowest BCUT2D eigenvalue weighted by molar-refractivity contribution is -0.123. The summed E-state index contributed by atoms with van der Waals surface area (Å²) in [5.74, 6) is -0.765. The van der Waals surface area contributed by atoms with Gasteiger partial charge in [0.2, 0.25) is 0 Å². The molecule has 152 valence electrons. The number of carbonyl (C=O) groups excluding carboxylic acids is 4. The number of carbonyl (C=O) groups is 4. The Morgan fingerprint density at radius 1 is 1.14 bits per heavy atom. The number of ketones is 1. The lowest BCUT2D eigenvalue weighted by Crippen LogP contribution is -2.48. The van der Waals surface area contributed by atoms with Crippen LogP contribution in [0, 0.1) is 5.92 Å². The molecule has 2 rings (SSSR count). The Hall–Kier alpha value is -2.35. The molecule has 0 unspecified atom stereocenters. The molecule has 1 saturated carbocycles. The fourth-order valence-electron chi connectivity index (χ4n) is 3.05. The predicted octanol–water partition coefficient (Wildman–Crippen LogP) is 2.93. The lowest BCUT2D eigenvalue weighted by atomic mass is 9.86. The van der Waals surface area contributed by atoms with E-state index >= 15 is 0 Å². The van der Waals surface area contributed by atoms with E-state index in [0.29, 0.717) is 10.8 Å². The molecule has 3 amide bonds. The number of nitrogens with one attached hydrogen (secondary N) is 2.